The molecule has 1 amide bonds. The Morgan fingerprint density at radius 1 is 1.47 bits per heavy atom. The largest absolute Gasteiger partial charge is 0.365 e. The van der Waals surface area contributed by atoms with Crippen LogP contribution in [0.25, 0.3) is 6.08 Å². The molecule has 0 radical (unpaired) electrons. The fourth-order valence-corrected chi connectivity index (χ4v) is 1.34. The van der Waals surface area contributed by atoms with Crippen molar-refractivity contribution in [2.45, 2.75) is 0 Å². The highest BCUT2D eigenvalue weighted by molar-refractivity contribution is 6.37. The second-order valence-corrected chi connectivity index (χ2v) is 3.37. The van der Waals surface area contributed by atoms with Crippen LogP contribution in [0.15, 0.2) is 18.0 Å². The molecule has 0 spiro atoms. The van der Waals surface area contributed by atoms with Gasteiger partial charge in [-0.25, -0.2) is 0 Å². The molecule has 0 aromatic carbocycles. The number of aromatic nitrogens is 1. The molecule has 0 bridgehead atoms. The minimum Gasteiger partial charge on any atom is -0.365 e. The summed E-state index contributed by atoms with van der Waals surface area (Å²) in [5.41, 5.74) is 5.10. The zero-order valence-electron chi connectivity index (χ0n) is 7.37. The van der Waals surface area contributed by atoms with Crippen LogP contribution in [0, 0.1) is 11.3 Å². The van der Waals surface area contributed by atoms with Crippen molar-refractivity contribution in [3.8, 4) is 6.07 Å². The van der Waals surface area contributed by atoms with Gasteiger partial charge < -0.3 is 5.73 Å². The molecule has 2 N–H and O–H groups in total. The SMILES string of the molecule is N#C/C(=C\c1c(Cl)cncc1Cl)C(N)=O. The lowest BCUT2D eigenvalue weighted by atomic mass is 10.1. The Kier molecular flexibility index (Phi) is 3.67. The van der Waals surface area contributed by atoms with Crippen molar-refractivity contribution in [1.82, 2.24) is 4.98 Å². The standard InChI is InChI=1S/C9H5Cl2N3O/c10-7-3-14-4-8(11)6(7)1-5(2-12)9(13)15/h1,3-4H,(H2,13,15)/b5-1+. The van der Waals surface area contributed by atoms with Crippen LogP contribution >= 0.6 is 23.2 Å². The van der Waals surface area contributed by atoms with Gasteiger partial charge >= 0.3 is 0 Å². The minimum atomic E-state index is -0.832. The fraction of sp³-hybridized carbons (Fsp3) is 0. The first-order valence-electron chi connectivity index (χ1n) is 3.77. The Bertz CT molecular complexity index is 456. The summed E-state index contributed by atoms with van der Waals surface area (Å²) in [5.74, 6) is -0.832. The number of pyridine rings is 1. The first-order valence-corrected chi connectivity index (χ1v) is 4.52. The van der Waals surface area contributed by atoms with Crippen molar-refractivity contribution in [2.75, 3.05) is 0 Å². The Morgan fingerprint density at radius 2 is 2.00 bits per heavy atom. The maximum absolute atomic E-state index is 10.8. The molecule has 1 heterocycles. The summed E-state index contributed by atoms with van der Waals surface area (Å²) < 4.78 is 0. The van der Waals surface area contributed by atoms with E-state index in [1.54, 1.807) is 6.07 Å². The van der Waals surface area contributed by atoms with Gasteiger partial charge in [0.25, 0.3) is 5.91 Å². The van der Waals surface area contributed by atoms with Gasteiger partial charge in [-0.05, 0) is 6.08 Å². The van der Waals surface area contributed by atoms with E-state index in [0.29, 0.717) is 5.56 Å². The summed E-state index contributed by atoms with van der Waals surface area (Å²) in [6.45, 7) is 0. The van der Waals surface area contributed by atoms with Crippen LogP contribution in [0.1, 0.15) is 5.56 Å². The summed E-state index contributed by atoms with van der Waals surface area (Å²) in [5, 5.41) is 9.11. The third-order valence-electron chi connectivity index (χ3n) is 1.56. The Labute approximate surface area is 95.9 Å². The van der Waals surface area contributed by atoms with Gasteiger partial charge in [0.2, 0.25) is 0 Å². The highest BCUT2D eigenvalue weighted by Crippen LogP contribution is 2.25. The second-order valence-electron chi connectivity index (χ2n) is 2.55. The van der Waals surface area contributed by atoms with Gasteiger partial charge in [0, 0.05) is 18.0 Å². The number of carbonyl (C=O) groups is 1. The van der Waals surface area contributed by atoms with Gasteiger partial charge in [0.1, 0.15) is 11.6 Å². The predicted octanol–water partition coefficient (Wildman–Crippen LogP) is 1.78. The van der Waals surface area contributed by atoms with Crippen LogP contribution in [0.2, 0.25) is 10.0 Å². The molecule has 15 heavy (non-hydrogen) atoms. The molecule has 0 aliphatic heterocycles. The Balaban J connectivity index is 3.30. The number of halogens is 2. The van der Waals surface area contributed by atoms with Crippen molar-refractivity contribution in [3.63, 3.8) is 0 Å². The van der Waals surface area contributed by atoms with Crippen molar-refractivity contribution in [1.29, 1.82) is 5.26 Å². The van der Waals surface area contributed by atoms with Gasteiger partial charge in [0.15, 0.2) is 0 Å². The van der Waals surface area contributed by atoms with E-state index < -0.39 is 5.91 Å². The van der Waals surface area contributed by atoms with Crippen LogP contribution in [-0.2, 0) is 4.79 Å². The van der Waals surface area contributed by atoms with Crippen molar-refractivity contribution < 1.29 is 4.79 Å². The maximum Gasteiger partial charge on any atom is 0.259 e. The lowest BCUT2D eigenvalue weighted by Crippen LogP contribution is -2.12. The molecule has 0 aliphatic carbocycles. The van der Waals surface area contributed by atoms with E-state index in [0.717, 1.165) is 0 Å². The highest BCUT2D eigenvalue weighted by atomic mass is 35.5. The molecule has 0 unspecified atom stereocenters. The normalized spacial score (nSPS) is 10.9. The summed E-state index contributed by atoms with van der Waals surface area (Å²) in [7, 11) is 0. The number of nitrogens with zero attached hydrogens (tertiary/aromatic N) is 2. The number of rotatable bonds is 2. The number of nitriles is 1. The molecule has 0 saturated heterocycles. The van der Waals surface area contributed by atoms with Crippen LogP contribution in [0.5, 0.6) is 0 Å². The molecular weight excluding hydrogens is 237 g/mol. The van der Waals surface area contributed by atoms with E-state index >= 15 is 0 Å². The Hall–Kier alpha value is -1.57. The zero-order valence-corrected chi connectivity index (χ0v) is 8.88. The van der Waals surface area contributed by atoms with Gasteiger partial charge in [-0.3, -0.25) is 9.78 Å². The van der Waals surface area contributed by atoms with Gasteiger partial charge in [-0.1, -0.05) is 23.2 Å². The van der Waals surface area contributed by atoms with Crippen LogP contribution in [0.3, 0.4) is 0 Å². The van der Waals surface area contributed by atoms with E-state index in [-0.39, 0.29) is 15.6 Å². The number of carbonyl (C=O) groups excluding carboxylic acids is 1. The number of primary amides is 1. The lowest BCUT2D eigenvalue weighted by Gasteiger charge is -2.00. The molecule has 0 fully saturated rings. The van der Waals surface area contributed by atoms with E-state index in [1.807, 2.05) is 0 Å². The second kappa shape index (κ2) is 4.78. The van der Waals surface area contributed by atoms with E-state index in [4.69, 9.17) is 34.2 Å². The zero-order chi connectivity index (χ0) is 11.4. The summed E-state index contributed by atoms with van der Waals surface area (Å²) in [6, 6.07) is 1.65. The average molecular weight is 242 g/mol. The van der Waals surface area contributed by atoms with Crippen molar-refractivity contribution in [2.24, 2.45) is 5.73 Å². The summed E-state index contributed by atoms with van der Waals surface area (Å²) in [6.07, 6.45) is 3.94. The first-order chi connectivity index (χ1) is 7.06. The van der Waals surface area contributed by atoms with Crippen LogP contribution in [0.4, 0.5) is 0 Å². The third kappa shape index (κ3) is 2.69. The smallest absolute Gasteiger partial charge is 0.259 e. The molecule has 1 aromatic rings. The van der Waals surface area contributed by atoms with Crippen LogP contribution in [-0.4, -0.2) is 10.9 Å². The van der Waals surface area contributed by atoms with Gasteiger partial charge in [-0.15, -0.1) is 0 Å². The number of amides is 1. The van der Waals surface area contributed by atoms with Crippen molar-refractivity contribution >= 4 is 35.2 Å². The predicted molar refractivity (Wildman–Crippen MR) is 57.0 cm³/mol. The quantitative estimate of drug-likeness (QED) is 0.634. The lowest BCUT2D eigenvalue weighted by molar-refractivity contribution is -0.114. The average Bonchev–Trinajstić information content (AvgIpc) is 2.17. The molecule has 4 nitrogen and oxygen atoms in total. The topological polar surface area (TPSA) is 79.8 Å². The van der Waals surface area contributed by atoms with Gasteiger partial charge in [-0.2, -0.15) is 5.26 Å². The maximum atomic E-state index is 10.8. The first kappa shape index (κ1) is 11.5. The molecule has 0 aliphatic rings. The third-order valence-corrected chi connectivity index (χ3v) is 2.17. The fourth-order valence-electron chi connectivity index (χ4n) is 0.862. The Morgan fingerprint density at radius 3 is 2.40 bits per heavy atom. The van der Waals surface area contributed by atoms with Gasteiger partial charge in [0.05, 0.1) is 10.0 Å². The molecule has 76 valence electrons. The molecule has 6 heteroatoms. The number of hydrogen-bond acceptors (Lipinski definition) is 3. The van der Waals surface area contributed by atoms with E-state index in [9.17, 15) is 4.79 Å². The molecule has 0 saturated carbocycles. The molecule has 1 rings (SSSR count). The number of hydrogen-bond donors (Lipinski definition) is 1. The van der Waals surface area contributed by atoms with E-state index in [2.05, 4.69) is 4.98 Å². The molecule has 1 aromatic heterocycles. The monoisotopic (exact) mass is 241 g/mol. The summed E-state index contributed by atoms with van der Waals surface area (Å²) in [4.78, 5) is 14.5. The number of nitrogens with two attached hydrogens (primary N) is 1. The van der Waals surface area contributed by atoms with Crippen LogP contribution < -0.4 is 5.73 Å². The summed E-state index contributed by atoms with van der Waals surface area (Å²) >= 11 is 11.6. The molecule has 0 atom stereocenters. The highest BCUT2D eigenvalue weighted by Gasteiger charge is 2.08. The van der Waals surface area contributed by atoms with Crippen molar-refractivity contribution in [3.05, 3.63) is 33.6 Å². The minimum absolute atomic E-state index is 0.218. The van der Waals surface area contributed by atoms with E-state index in [1.165, 1.54) is 18.5 Å². The molecular formula is C9H5Cl2N3O.